The first-order chi connectivity index (χ1) is 8.08. The Bertz CT molecular complexity index is 415. The third-order valence-corrected chi connectivity index (χ3v) is 2.31. The number of allylic oxidation sites excluding steroid dienone is 1. The van der Waals surface area contributed by atoms with Crippen molar-refractivity contribution in [3.63, 3.8) is 0 Å². The van der Waals surface area contributed by atoms with E-state index in [4.69, 9.17) is 0 Å². The van der Waals surface area contributed by atoms with Gasteiger partial charge in [-0.15, -0.1) is 0 Å². The Labute approximate surface area is 105 Å². The Morgan fingerprint density at radius 1 is 1.29 bits per heavy atom. The summed E-state index contributed by atoms with van der Waals surface area (Å²) in [6.45, 7) is 10.8. The molecule has 0 aliphatic heterocycles. The Morgan fingerprint density at radius 2 is 1.94 bits per heavy atom. The van der Waals surface area contributed by atoms with Gasteiger partial charge in [-0.1, -0.05) is 44.4 Å². The highest BCUT2D eigenvalue weighted by molar-refractivity contribution is 5.36. The molecule has 0 saturated heterocycles. The van der Waals surface area contributed by atoms with Crippen molar-refractivity contribution in [1.29, 1.82) is 0 Å². The summed E-state index contributed by atoms with van der Waals surface area (Å²) in [7, 11) is 0. The van der Waals surface area contributed by atoms with Crippen LogP contribution in [0.15, 0.2) is 36.5 Å². The van der Waals surface area contributed by atoms with Crippen LogP contribution < -0.4 is 5.32 Å². The van der Waals surface area contributed by atoms with Crippen LogP contribution in [0.5, 0.6) is 0 Å². The lowest BCUT2D eigenvalue weighted by Gasteiger charge is -2.04. The summed E-state index contributed by atoms with van der Waals surface area (Å²) in [4.78, 5) is 0. The zero-order chi connectivity index (χ0) is 12.7. The highest BCUT2D eigenvalue weighted by atomic mass is 14.8. The van der Waals surface area contributed by atoms with Gasteiger partial charge in [-0.05, 0) is 37.0 Å². The van der Waals surface area contributed by atoms with Gasteiger partial charge in [0.25, 0.3) is 0 Å². The van der Waals surface area contributed by atoms with E-state index in [1.807, 2.05) is 6.92 Å². The first kappa shape index (κ1) is 13.4. The van der Waals surface area contributed by atoms with Crippen LogP contribution in [0.2, 0.25) is 0 Å². The largest absolute Gasteiger partial charge is 0.378 e. The molecule has 0 bridgehead atoms. The SMILES string of the molecule is C=C(C)NCC#Cc1ccc(CC(C)C)cc1. The molecule has 0 amide bonds. The fourth-order valence-electron chi connectivity index (χ4n) is 1.54. The summed E-state index contributed by atoms with van der Waals surface area (Å²) in [5.41, 5.74) is 3.40. The molecule has 1 aromatic rings. The lowest BCUT2D eigenvalue weighted by Crippen LogP contribution is -2.09. The second-order valence-corrected chi connectivity index (χ2v) is 4.73. The molecule has 1 rings (SSSR count). The quantitative estimate of drug-likeness (QED) is 0.778. The van der Waals surface area contributed by atoms with Crippen molar-refractivity contribution in [1.82, 2.24) is 5.32 Å². The first-order valence-corrected chi connectivity index (χ1v) is 6.05. The van der Waals surface area contributed by atoms with Crippen LogP contribution in [-0.2, 0) is 6.42 Å². The second-order valence-electron chi connectivity index (χ2n) is 4.73. The molecule has 0 spiro atoms. The predicted octanol–water partition coefficient (Wildman–Crippen LogP) is 3.36. The molecular formula is C16H21N. The molecule has 0 aromatic heterocycles. The maximum absolute atomic E-state index is 3.76. The fourth-order valence-corrected chi connectivity index (χ4v) is 1.54. The molecule has 0 aliphatic carbocycles. The summed E-state index contributed by atoms with van der Waals surface area (Å²) in [5.74, 6) is 6.90. The van der Waals surface area contributed by atoms with E-state index in [9.17, 15) is 0 Å². The number of hydrogen-bond donors (Lipinski definition) is 1. The van der Waals surface area contributed by atoms with Gasteiger partial charge in [0.1, 0.15) is 0 Å². The average molecular weight is 227 g/mol. The maximum Gasteiger partial charge on any atom is 0.0766 e. The lowest BCUT2D eigenvalue weighted by molar-refractivity contribution is 0.647. The zero-order valence-corrected chi connectivity index (χ0v) is 11.0. The topological polar surface area (TPSA) is 12.0 Å². The maximum atomic E-state index is 3.76. The van der Waals surface area contributed by atoms with Gasteiger partial charge in [-0.2, -0.15) is 0 Å². The van der Waals surface area contributed by atoms with Crippen molar-refractivity contribution in [2.24, 2.45) is 5.92 Å². The molecule has 0 radical (unpaired) electrons. The zero-order valence-electron chi connectivity index (χ0n) is 11.0. The molecule has 0 aliphatic rings. The van der Waals surface area contributed by atoms with E-state index in [0.29, 0.717) is 12.5 Å². The van der Waals surface area contributed by atoms with Gasteiger partial charge in [0.05, 0.1) is 6.54 Å². The molecule has 17 heavy (non-hydrogen) atoms. The molecule has 0 atom stereocenters. The van der Waals surface area contributed by atoms with Crippen molar-refractivity contribution in [3.05, 3.63) is 47.7 Å². The molecule has 1 aromatic carbocycles. The summed E-state index contributed by atoms with van der Waals surface area (Å²) in [6, 6.07) is 8.50. The highest BCUT2D eigenvalue weighted by Crippen LogP contribution is 2.08. The second kappa shape index (κ2) is 6.81. The highest BCUT2D eigenvalue weighted by Gasteiger charge is 1.96. The molecular weight excluding hydrogens is 206 g/mol. The van der Waals surface area contributed by atoms with Crippen LogP contribution in [0.3, 0.4) is 0 Å². The minimum absolute atomic E-state index is 0.656. The normalized spacial score (nSPS) is 9.65. The van der Waals surface area contributed by atoms with Crippen LogP contribution in [0.4, 0.5) is 0 Å². The number of rotatable bonds is 4. The third-order valence-electron chi connectivity index (χ3n) is 2.31. The van der Waals surface area contributed by atoms with Gasteiger partial charge in [0.2, 0.25) is 0 Å². The number of nitrogens with one attached hydrogen (secondary N) is 1. The monoisotopic (exact) mass is 227 g/mol. The molecule has 0 saturated carbocycles. The first-order valence-electron chi connectivity index (χ1n) is 6.05. The van der Waals surface area contributed by atoms with E-state index in [1.165, 1.54) is 5.56 Å². The molecule has 0 unspecified atom stereocenters. The van der Waals surface area contributed by atoms with Gasteiger partial charge in [-0.25, -0.2) is 0 Å². The average Bonchev–Trinajstić information content (AvgIpc) is 2.25. The molecule has 1 heteroatoms. The van der Waals surface area contributed by atoms with Gasteiger partial charge >= 0.3 is 0 Å². The van der Waals surface area contributed by atoms with E-state index >= 15 is 0 Å². The molecule has 0 fully saturated rings. The third kappa shape index (κ3) is 5.82. The van der Waals surface area contributed by atoms with Crippen molar-refractivity contribution in [3.8, 4) is 11.8 Å². The van der Waals surface area contributed by atoms with Gasteiger partial charge in [0, 0.05) is 11.3 Å². The van der Waals surface area contributed by atoms with Crippen LogP contribution in [0, 0.1) is 17.8 Å². The van der Waals surface area contributed by atoms with E-state index < -0.39 is 0 Å². The Hall–Kier alpha value is -1.68. The summed E-state index contributed by atoms with van der Waals surface area (Å²) < 4.78 is 0. The Kier molecular flexibility index (Phi) is 5.36. The standard InChI is InChI=1S/C16H21N/c1-13(2)12-16-9-7-15(8-10-16)6-5-11-17-14(3)4/h7-10,13,17H,3,11-12H2,1-2,4H3. The van der Waals surface area contributed by atoms with Crippen molar-refractivity contribution >= 4 is 0 Å². The molecule has 1 N–H and O–H groups in total. The summed E-state index contributed by atoms with van der Waals surface area (Å²) in [6.07, 6.45) is 1.13. The van der Waals surface area contributed by atoms with E-state index in [1.54, 1.807) is 0 Å². The fraction of sp³-hybridized carbons (Fsp3) is 0.375. The number of benzene rings is 1. The van der Waals surface area contributed by atoms with Crippen LogP contribution in [-0.4, -0.2) is 6.54 Å². The van der Waals surface area contributed by atoms with Crippen LogP contribution in [0.25, 0.3) is 0 Å². The Morgan fingerprint density at radius 3 is 2.47 bits per heavy atom. The molecule has 90 valence electrons. The van der Waals surface area contributed by atoms with Gasteiger partial charge < -0.3 is 5.32 Å². The molecule has 1 nitrogen and oxygen atoms in total. The van der Waals surface area contributed by atoms with Gasteiger partial charge in [0.15, 0.2) is 0 Å². The van der Waals surface area contributed by atoms with E-state index in [-0.39, 0.29) is 0 Å². The van der Waals surface area contributed by atoms with E-state index in [0.717, 1.165) is 17.7 Å². The van der Waals surface area contributed by atoms with Crippen LogP contribution in [0.1, 0.15) is 31.9 Å². The Balaban J connectivity index is 2.53. The van der Waals surface area contributed by atoms with Crippen molar-refractivity contribution in [2.75, 3.05) is 6.54 Å². The minimum Gasteiger partial charge on any atom is -0.378 e. The van der Waals surface area contributed by atoms with Crippen molar-refractivity contribution < 1.29 is 0 Å². The minimum atomic E-state index is 0.656. The van der Waals surface area contributed by atoms with Crippen molar-refractivity contribution in [2.45, 2.75) is 27.2 Å². The van der Waals surface area contributed by atoms with E-state index in [2.05, 4.69) is 61.8 Å². The number of hydrogen-bond acceptors (Lipinski definition) is 1. The lowest BCUT2D eigenvalue weighted by atomic mass is 10.0. The summed E-state index contributed by atoms with van der Waals surface area (Å²) in [5, 5.41) is 3.09. The smallest absolute Gasteiger partial charge is 0.0766 e. The summed E-state index contributed by atoms with van der Waals surface area (Å²) >= 11 is 0. The van der Waals surface area contributed by atoms with Crippen LogP contribution >= 0.6 is 0 Å². The van der Waals surface area contributed by atoms with Gasteiger partial charge in [-0.3, -0.25) is 0 Å². The predicted molar refractivity (Wildman–Crippen MR) is 74.7 cm³/mol. The molecule has 0 heterocycles.